The van der Waals surface area contributed by atoms with Gasteiger partial charge in [0.15, 0.2) is 0 Å². The van der Waals surface area contributed by atoms with E-state index in [9.17, 15) is 4.79 Å². The number of hydrogen-bond donors (Lipinski definition) is 1. The number of Topliss-reactive ketones (excluding diaryl/α,β-unsaturated/α-hetero) is 1. The first-order chi connectivity index (χ1) is 7.31. The molecule has 0 aromatic carbocycles. The van der Waals surface area contributed by atoms with Crippen molar-refractivity contribution in [3.05, 3.63) is 0 Å². The average Bonchev–Trinajstić information content (AvgIpc) is 2.25. The molecule has 0 bridgehead atoms. The summed E-state index contributed by atoms with van der Waals surface area (Å²) in [5.41, 5.74) is 0. The Morgan fingerprint density at radius 2 is 1.60 bits per heavy atom. The van der Waals surface area contributed by atoms with Crippen LogP contribution in [0.25, 0.3) is 0 Å². The van der Waals surface area contributed by atoms with E-state index in [1.807, 2.05) is 0 Å². The Morgan fingerprint density at radius 1 is 0.933 bits per heavy atom. The van der Waals surface area contributed by atoms with Gasteiger partial charge >= 0.3 is 0 Å². The Labute approximate surface area is 94.8 Å². The monoisotopic (exact) mass is 213 g/mol. The van der Waals surface area contributed by atoms with Crippen LogP contribution in [0.2, 0.25) is 0 Å². The van der Waals surface area contributed by atoms with Gasteiger partial charge < -0.3 is 5.32 Å². The van der Waals surface area contributed by atoms with Gasteiger partial charge in [0.1, 0.15) is 5.78 Å². The Bertz CT molecular complexity index is 145. The van der Waals surface area contributed by atoms with E-state index >= 15 is 0 Å². The Balaban J connectivity index is 3.06. The molecule has 0 saturated carbocycles. The highest BCUT2D eigenvalue weighted by atomic mass is 16.1. The van der Waals surface area contributed by atoms with Crippen molar-refractivity contribution in [3.63, 3.8) is 0 Å². The maximum absolute atomic E-state index is 11.3. The summed E-state index contributed by atoms with van der Waals surface area (Å²) in [5, 5.41) is 3.22. The van der Waals surface area contributed by atoms with Crippen molar-refractivity contribution in [1.29, 1.82) is 0 Å². The van der Waals surface area contributed by atoms with E-state index in [1.54, 1.807) is 0 Å². The molecule has 0 aromatic rings. The van der Waals surface area contributed by atoms with Gasteiger partial charge in [0.05, 0.1) is 6.54 Å². The van der Waals surface area contributed by atoms with Gasteiger partial charge in [0, 0.05) is 6.42 Å². The molecule has 0 aliphatic carbocycles. The van der Waals surface area contributed by atoms with Gasteiger partial charge in [-0.05, 0) is 19.4 Å². The molecule has 0 fully saturated rings. The lowest BCUT2D eigenvalue weighted by Crippen LogP contribution is -2.23. The Morgan fingerprint density at radius 3 is 2.27 bits per heavy atom. The predicted molar refractivity (Wildman–Crippen MR) is 66.2 cm³/mol. The fourth-order valence-corrected chi connectivity index (χ4v) is 1.54. The SMILES string of the molecule is CCCCCCCNCC(=O)CCCC. The van der Waals surface area contributed by atoms with E-state index in [1.165, 1.54) is 32.1 Å². The van der Waals surface area contributed by atoms with E-state index in [4.69, 9.17) is 0 Å². The number of carbonyl (C=O) groups is 1. The van der Waals surface area contributed by atoms with Gasteiger partial charge in [0.2, 0.25) is 0 Å². The lowest BCUT2D eigenvalue weighted by atomic mass is 10.1. The normalized spacial score (nSPS) is 10.5. The predicted octanol–water partition coefficient (Wildman–Crippen LogP) is 3.31. The highest BCUT2D eigenvalue weighted by Gasteiger charge is 1.99. The molecule has 15 heavy (non-hydrogen) atoms. The van der Waals surface area contributed by atoms with Crippen molar-refractivity contribution in [1.82, 2.24) is 5.32 Å². The molecule has 0 atom stereocenters. The smallest absolute Gasteiger partial charge is 0.146 e. The van der Waals surface area contributed by atoms with Crippen LogP contribution in [-0.4, -0.2) is 18.9 Å². The highest BCUT2D eigenvalue weighted by Crippen LogP contribution is 2.01. The molecular formula is C13H27NO. The molecule has 0 amide bonds. The quantitative estimate of drug-likeness (QED) is 0.533. The summed E-state index contributed by atoms with van der Waals surface area (Å²) in [7, 11) is 0. The zero-order valence-electron chi connectivity index (χ0n) is 10.5. The molecule has 0 heterocycles. The third kappa shape index (κ3) is 11.6. The number of nitrogens with one attached hydrogen (secondary N) is 1. The molecule has 1 N–H and O–H groups in total. The number of carbonyl (C=O) groups excluding carboxylic acids is 1. The van der Waals surface area contributed by atoms with E-state index in [0.29, 0.717) is 12.3 Å². The van der Waals surface area contributed by atoms with Crippen LogP contribution in [0.3, 0.4) is 0 Å². The first kappa shape index (κ1) is 14.6. The molecule has 2 heteroatoms. The molecule has 0 aromatic heterocycles. The molecule has 0 aliphatic rings. The van der Waals surface area contributed by atoms with Crippen molar-refractivity contribution in [3.8, 4) is 0 Å². The number of hydrogen-bond acceptors (Lipinski definition) is 2. The second kappa shape index (κ2) is 11.7. The lowest BCUT2D eigenvalue weighted by Gasteiger charge is -2.03. The molecule has 0 spiro atoms. The molecule has 0 aliphatic heterocycles. The largest absolute Gasteiger partial charge is 0.310 e. The summed E-state index contributed by atoms with van der Waals surface area (Å²) in [5.74, 6) is 0.366. The summed E-state index contributed by atoms with van der Waals surface area (Å²) < 4.78 is 0. The van der Waals surface area contributed by atoms with Gasteiger partial charge in [-0.3, -0.25) is 4.79 Å². The first-order valence-electron chi connectivity index (χ1n) is 6.53. The van der Waals surface area contributed by atoms with E-state index in [2.05, 4.69) is 19.2 Å². The van der Waals surface area contributed by atoms with E-state index in [0.717, 1.165) is 25.8 Å². The second-order valence-electron chi connectivity index (χ2n) is 4.23. The van der Waals surface area contributed by atoms with Gasteiger partial charge in [-0.2, -0.15) is 0 Å². The van der Waals surface area contributed by atoms with Gasteiger partial charge in [-0.15, -0.1) is 0 Å². The maximum atomic E-state index is 11.3. The van der Waals surface area contributed by atoms with Crippen molar-refractivity contribution in [2.75, 3.05) is 13.1 Å². The first-order valence-corrected chi connectivity index (χ1v) is 6.53. The van der Waals surface area contributed by atoms with Crippen molar-refractivity contribution < 1.29 is 4.79 Å². The Hall–Kier alpha value is -0.370. The molecule has 0 unspecified atom stereocenters. The second-order valence-corrected chi connectivity index (χ2v) is 4.23. The topological polar surface area (TPSA) is 29.1 Å². The molecule has 0 saturated heterocycles. The van der Waals surface area contributed by atoms with Crippen LogP contribution in [0.5, 0.6) is 0 Å². The molecule has 2 nitrogen and oxygen atoms in total. The van der Waals surface area contributed by atoms with Crippen LogP contribution in [0.1, 0.15) is 65.2 Å². The summed E-state index contributed by atoms with van der Waals surface area (Å²) in [4.78, 5) is 11.3. The zero-order chi connectivity index (χ0) is 11.4. The van der Waals surface area contributed by atoms with Crippen LogP contribution in [0, 0.1) is 0 Å². The lowest BCUT2D eigenvalue weighted by molar-refractivity contribution is -0.118. The van der Waals surface area contributed by atoms with Crippen molar-refractivity contribution in [2.45, 2.75) is 65.2 Å². The van der Waals surface area contributed by atoms with Gasteiger partial charge in [-0.1, -0.05) is 46.0 Å². The fourth-order valence-electron chi connectivity index (χ4n) is 1.54. The summed E-state index contributed by atoms with van der Waals surface area (Å²) in [6, 6.07) is 0. The molecule has 90 valence electrons. The minimum absolute atomic E-state index is 0.366. The van der Waals surface area contributed by atoms with Crippen LogP contribution < -0.4 is 5.32 Å². The van der Waals surface area contributed by atoms with Crippen molar-refractivity contribution >= 4 is 5.78 Å². The molecule has 0 radical (unpaired) electrons. The highest BCUT2D eigenvalue weighted by molar-refractivity contribution is 5.80. The number of unbranched alkanes of at least 4 members (excludes halogenated alkanes) is 5. The third-order valence-electron chi connectivity index (χ3n) is 2.59. The fraction of sp³-hybridized carbons (Fsp3) is 0.923. The number of rotatable bonds is 11. The summed E-state index contributed by atoms with van der Waals surface area (Å²) in [6.07, 6.45) is 9.38. The van der Waals surface area contributed by atoms with Gasteiger partial charge in [-0.25, -0.2) is 0 Å². The van der Waals surface area contributed by atoms with E-state index in [-0.39, 0.29) is 0 Å². The molecule has 0 rings (SSSR count). The van der Waals surface area contributed by atoms with Crippen LogP contribution in [0.15, 0.2) is 0 Å². The van der Waals surface area contributed by atoms with Gasteiger partial charge in [0.25, 0.3) is 0 Å². The molecular weight excluding hydrogens is 186 g/mol. The summed E-state index contributed by atoms with van der Waals surface area (Å²) >= 11 is 0. The van der Waals surface area contributed by atoms with Crippen molar-refractivity contribution in [2.24, 2.45) is 0 Å². The van der Waals surface area contributed by atoms with E-state index < -0.39 is 0 Å². The van der Waals surface area contributed by atoms with Crippen LogP contribution >= 0.6 is 0 Å². The Kier molecular flexibility index (Phi) is 11.4. The third-order valence-corrected chi connectivity index (χ3v) is 2.59. The standard InChI is InChI=1S/C13H27NO/c1-3-5-7-8-9-11-14-12-13(15)10-6-4-2/h14H,3-12H2,1-2H3. The minimum atomic E-state index is 0.366. The average molecular weight is 213 g/mol. The summed E-state index contributed by atoms with van der Waals surface area (Å²) in [6.45, 7) is 5.93. The minimum Gasteiger partial charge on any atom is -0.310 e. The number of ketones is 1. The zero-order valence-corrected chi connectivity index (χ0v) is 10.5. The van der Waals surface area contributed by atoms with Crippen LogP contribution in [-0.2, 0) is 4.79 Å². The van der Waals surface area contributed by atoms with Crippen LogP contribution in [0.4, 0.5) is 0 Å². The maximum Gasteiger partial charge on any atom is 0.146 e.